The molecule has 3 saturated heterocycles. The highest BCUT2D eigenvalue weighted by Gasteiger charge is 2.76. The molecule has 1 aromatic carbocycles. The number of nitrogens with one attached hydrogen (secondary N) is 1. The molecule has 7 heteroatoms. The van der Waals surface area contributed by atoms with Crippen molar-refractivity contribution in [2.75, 3.05) is 19.0 Å². The highest BCUT2D eigenvalue weighted by Crippen LogP contribution is 2.68. The molecule has 1 amide bonds. The maximum atomic E-state index is 13.0. The van der Waals surface area contributed by atoms with E-state index in [2.05, 4.69) is 12.2 Å². The summed E-state index contributed by atoms with van der Waals surface area (Å²) < 4.78 is 11.0. The van der Waals surface area contributed by atoms with Gasteiger partial charge in [-0.2, -0.15) is 0 Å². The molecule has 4 aliphatic heterocycles. The maximum Gasteiger partial charge on any atom is 0.335 e. The number of aromatic hydroxyl groups is 1. The van der Waals surface area contributed by atoms with Gasteiger partial charge in [-0.25, -0.2) is 4.79 Å². The Morgan fingerprint density at radius 1 is 1.46 bits per heavy atom. The van der Waals surface area contributed by atoms with E-state index in [4.69, 9.17) is 9.47 Å². The molecule has 7 nitrogen and oxygen atoms in total. The molecule has 4 heterocycles. The normalized spacial score (nSPS) is 39.0. The molecule has 0 saturated carbocycles. The summed E-state index contributed by atoms with van der Waals surface area (Å²) in [5.74, 6) is -0.0924. The van der Waals surface area contributed by atoms with Crippen LogP contribution in [-0.2, 0) is 24.5 Å². The molecule has 0 bridgehead atoms. The van der Waals surface area contributed by atoms with Crippen LogP contribution in [0.15, 0.2) is 29.5 Å². The van der Waals surface area contributed by atoms with Crippen LogP contribution >= 0.6 is 0 Å². The van der Waals surface area contributed by atoms with Crippen LogP contribution in [-0.4, -0.2) is 53.8 Å². The third-order valence-electron chi connectivity index (χ3n) is 7.74. The number of anilines is 1. The smallest absolute Gasteiger partial charge is 0.335 e. The van der Waals surface area contributed by atoms with Gasteiger partial charge in [0.2, 0.25) is 0 Å². The lowest BCUT2D eigenvalue weighted by Gasteiger charge is -2.54. The van der Waals surface area contributed by atoms with Crippen molar-refractivity contribution in [1.82, 2.24) is 4.90 Å². The number of methoxy groups -OCH3 is 1. The Balaban J connectivity index is 1.67. The van der Waals surface area contributed by atoms with Gasteiger partial charge in [0, 0.05) is 29.4 Å². The van der Waals surface area contributed by atoms with E-state index >= 15 is 0 Å². The van der Waals surface area contributed by atoms with Crippen molar-refractivity contribution in [1.29, 1.82) is 0 Å². The topological polar surface area (TPSA) is 91.4 Å². The third-order valence-corrected chi connectivity index (χ3v) is 7.74. The fourth-order valence-corrected chi connectivity index (χ4v) is 6.65. The maximum absolute atomic E-state index is 13.0. The highest BCUT2D eigenvalue weighted by molar-refractivity contribution is 5.95. The molecule has 5 aliphatic rings. The van der Waals surface area contributed by atoms with E-state index in [1.807, 2.05) is 11.0 Å². The number of piperidine rings is 1. The predicted octanol–water partition coefficient (Wildman–Crippen LogP) is 1.66. The molecule has 0 aromatic heterocycles. The molecule has 6 rings (SSSR count). The van der Waals surface area contributed by atoms with Crippen LogP contribution in [0.3, 0.4) is 0 Å². The minimum Gasteiger partial charge on any atom is -0.508 e. The fourth-order valence-electron chi connectivity index (χ4n) is 6.65. The van der Waals surface area contributed by atoms with Crippen molar-refractivity contribution >= 4 is 17.6 Å². The minimum atomic E-state index is -0.493. The number of carbonyl (C=O) groups excluding carboxylic acids is 2. The number of nitrogens with zero attached hydrogens (tertiary/aromatic N) is 1. The summed E-state index contributed by atoms with van der Waals surface area (Å²) in [5.41, 5.74) is 2.51. The molecule has 146 valence electrons. The first kappa shape index (κ1) is 16.4. The number of hydrogen-bond acceptors (Lipinski definition) is 6. The van der Waals surface area contributed by atoms with Gasteiger partial charge in [-0.1, -0.05) is 13.0 Å². The van der Waals surface area contributed by atoms with E-state index in [1.54, 1.807) is 12.1 Å². The Morgan fingerprint density at radius 3 is 3.04 bits per heavy atom. The van der Waals surface area contributed by atoms with Crippen molar-refractivity contribution in [2.45, 2.75) is 49.9 Å². The third kappa shape index (κ3) is 1.58. The van der Waals surface area contributed by atoms with E-state index in [9.17, 15) is 14.7 Å². The zero-order chi connectivity index (χ0) is 19.4. The second-order valence-corrected chi connectivity index (χ2v) is 8.60. The van der Waals surface area contributed by atoms with Gasteiger partial charge in [0.25, 0.3) is 5.91 Å². The van der Waals surface area contributed by atoms with Crippen LogP contribution in [0.1, 0.15) is 31.7 Å². The zero-order valence-electron chi connectivity index (χ0n) is 15.8. The number of benzene rings is 1. The first-order chi connectivity index (χ1) is 13.5. The summed E-state index contributed by atoms with van der Waals surface area (Å²) in [6.45, 7) is 2.76. The van der Waals surface area contributed by atoms with Gasteiger partial charge >= 0.3 is 5.97 Å². The predicted molar refractivity (Wildman–Crippen MR) is 98.6 cm³/mol. The first-order valence-electron chi connectivity index (χ1n) is 9.86. The number of rotatable bonds is 2. The Morgan fingerprint density at radius 2 is 2.29 bits per heavy atom. The monoisotopic (exact) mass is 382 g/mol. The summed E-state index contributed by atoms with van der Waals surface area (Å²) in [5, 5.41) is 13.4. The quantitative estimate of drug-likeness (QED) is 0.597. The number of esters is 1. The second kappa shape index (κ2) is 4.89. The minimum absolute atomic E-state index is 0.0667. The van der Waals surface area contributed by atoms with Gasteiger partial charge in [0.15, 0.2) is 6.10 Å². The highest BCUT2D eigenvalue weighted by atomic mass is 16.6. The number of hydrogen-bond donors (Lipinski definition) is 2. The standard InChI is InChI=1S/C21H22N2O5/c1-3-20-9-11(18(26)27-2)15-21(12-5-4-10(24)8-13(12)22-15)6-7-23(19(20)21)17(25)14-16(20)28-14/h4-5,8,14,16,19,22,24H,3,6-7,9H2,1-2H3/t14-,16+,19-,20+,21-/m0/s1. The van der Waals surface area contributed by atoms with Gasteiger partial charge in [-0.05, 0) is 30.9 Å². The number of carbonyl (C=O) groups is 2. The molecule has 0 unspecified atom stereocenters. The van der Waals surface area contributed by atoms with Gasteiger partial charge in [0.05, 0.1) is 24.1 Å². The number of phenolic OH excluding ortho intramolecular Hbond substituents is 1. The largest absolute Gasteiger partial charge is 0.508 e. The van der Waals surface area contributed by atoms with Gasteiger partial charge in [0.1, 0.15) is 11.9 Å². The summed E-state index contributed by atoms with van der Waals surface area (Å²) in [6.07, 6.45) is 1.55. The number of phenols is 1. The molecular weight excluding hydrogens is 360 g/mol. The lowest BCUT2D eigenvalue weighted by molar-refractivity contribution is -0.141. The van der Waals surface area contributed by atoms with E-state index in [0.717, 1.165) is 29.8 Å². The number of amides is 1. The van der Waals surface area contributed by atoms with Crippen molar-refractivity contribution in [3.63, 3.8) is 0 Å². The van der Waals surface area contributed by atoms with E-state index in [-0.39, 0.29) is 41.3 Å². The van der Waals surface area contributed by atoms with Crippen LogP contribution < -0.4 is 5.32 Å². The average Bonchev–Trinajstić information content (AvgIpc) is 3.32. The zero-order valence-corrected chi connectivity index (χ0v) is 15.8. The number of ether oxygens (including phenoxy) is 2. The summed E-state index contributed by atoms with van der Waals surface area (Å²) in [7, 11) is 1.41. The Labute approximate surface area is 162 Å². The molecule has 5 atom stereocenters. The summed E-state index contributed by atoms with van der Waals surface area (Å²) in [6, 6.07) is 5.24. The lowest BCUT2D eigenvalue weighted by Crippen LogP contribution is -2.64. The molecule has 0 radical (unpaired) electrons. The van der Waals surface area contributed by atoms with Crippen molar-refractivity contribution in [3.05, 3.63) is 35.0 Å². The van der Waals surface area contributed by atoms with Gasteiger partial charge in [-0.15, -0.1) is 0 Å². The molecule has 1 aromatic rings. The fraction of sp³-hybridized carbons (Fsp3) is 0.524. The van der Waals surface area contributed by atoms with Crippen LogP contribution in [0.5, 0.6) is 5.75 Å². The molecular formula is C21H22N2O5. The van der Waals surface area contributed by atoms with Crippen LogP contribution in [0.2, 0.25) is 0 Å². The SMILES string of the molecule is CC[C@@]12CC(C(=O)OC)=C3Nc4cc(O)ccc4[C@@]34CCN(C(=O)[C@H]3O[C@H]31)[C@@H]24. The summed E-state index contributed by atoms with van der Waals surface area (Å²) >= 11 is 0. The molecule has 3 fully saturated rings. The Bertz CT molecular complexity index is 987. The molecule has 2 N–H and O–H groups in total. The van der Waals surface area contributed by atoms with E-state index in [1.165, 1.54) is 7.11 Å². The number of epoxide rings is 1. The Hall–Kier alpha value is -2.54. The lowest BCUT2D eigenvalue weighted by atomic mass is 9.53. The van der Waals surface area contributed by atoms with Gasteiger partial charge < -0.3 is 24.8 Å². The van der Waals surface area contributed by atoms with Gasteiger partial charge in [-0.3, -0.25) is 4.79 Å². The van der Waals surface area contributed by atoms with Crippen molar-refractivity contribution < 1.29 is 24.2 Å². The van der Waals surface area contributed by atoms with Crippen LogP contribution in [0.4, 0.5) is 5.69 Å². The molecule has 1 aliphatic carbocycles. The molecule has 28 heavy (non-hydrogen) atoms. The number of fused-ring (bicyclic) bond motifs is 3. The first-order valence-corrected chi connectivity index (χ1v) is 9.86. The van der Waals surface area contributed by atoms with Crippen molar-refractivity contribution in [3.8, 4) is 5.75 Å². The summed E-state index contributed by atoms with van der Waals surface area (Å²) in [4.78, 5) is 27.8. The van der Waals surface area contributed by atoms with Crippen molar-refractivity contribution in [2.24, 2.45) is 5.41 Å². The molecule has 1 spiro atoms. The van der Waals surface area contributed by atoms with E-state index < -0.39 is 5.41 Å². The van der Waals surface area contributed by atoms with Crippen LogP contribution in [0.25, 0.3) is 0 Å². The van der Waals surface area contributed by atoms with E-state index in [0.29, 0.717) is 18.5 Å². The second-order valence-electron chi connectivity index (χ2n) is 8.60. The Kier molecular flexibility index (Phi) is 2.87. The van der Waals surface area contributed by atoms with Crippen LogP contribution in [0, 0.1) is 5.41 Å². The average molecular weight is 382 g/mol.